The topological polar surface area (TPSA) is 66.4 Å². The maximum Gasteiger partial charge on any atom is 0.390 e. The molecule has 1 rings (SSSR count). The number of alkyl halides is 3. The Balaban J connectivity index is 3.08. The molecule has 0 saturated carbocycles. The fraction of sp³-hybridized carbons (Fsp3) is 0.455. The summed E-state index contributed by atoms with van der Waals surface area (Å²) in [4.78, 5) is -0.438. The van der Waals surface area contributed by atoms with Gasteiger partial charge in [-0.3, -0.25) is 0 Å². The molecular weight excluding hydrogens is 354 g/mol. The van der Waals surface area contributed by atoms with Gasteiger partial charge in [-0.05, 0) is 24.6 Å². The van der Waals surface area contributed by atoms with Crippen LogP contribution in [0.25, 0.3) is 0 Å². The molecule has 4 nitrogen and oxygen atoms in total. The van der Waals surface area contributed by atoms with E-state index >= 15 is 0 Å². The molecule has 0 radical (unpaired) electrons. The van der Waals surface area contributed by atoms with Gasteiger partial charge < -0.3 is 5.11 Å². The van der Waals surface area contributed by atoms with Crippen LogP contribution in [0.4, 0.5) is 13.2 Å². The van der Waals surface area contributed by atoms with E-state index in [1.807, 2.05) is 4.72 Å². The van der Waals surface area contributed by atoms with E-state index < -0.39 is 40.2 Å². The van der Waals surface area contributed by atoms with Crippen LogP contribution in [0.15, 0.2) is 17.0 Å². The summed E-state index contributed by atoms with van der Waals surface area (Å²) in [5.74, 6) is 0. The van der Waals surface area contributed by atoms with Gasteiger partial charge in [0, 0.05) is 11.1 Å². The monoisotopic (exact) mass is 365 g/mol. The van der Waals surface area contributed by atoms with Gasteiger partial charge in [-0.1, -0.05) is 23.2 Å². The van der Waals surface area contributed by atoms with Crippen LogP contribution in [-0.2, 0) is 16.6 Å². The summed E-state index contributed by atoms with van der Waals surface area (Å²) >= 11 is 11.5. The average molecular weight is 366 g/mol. The Morgan fingerprint density at radius 3 is 2.33 bits per heavy atom. The molecule has 10 heteroatoms. The molecule has 1 aromatic carbocycles. The average Bonchev–Trinajstić information content (AvgIpc) is 2.24. The zero-order valence-electron chi connectivity index (χ0n) is 10.7. The fourth-order valence-corrected chi connectivity index (χ4v) is 3.72. The quantitative estimate of drug-likeness (QED) is 0.842. The smallest absolute Gasteiger partial charge is 0.390 e. The molecule has 0 spiro atoms. The van der Waals surface area contributed by atoms with Crippen molar-refractivity contribution in [2.75, 3.05) is 0 Å². The molecule has 0 aromatic heterocycles. The van der Waals surface area contributed by atoms with Crippen molar-refractivity contribution in [3.8, 4) is 0 Å². The molecule has 0 saturated heterocycles. The lowest BCUT2D eigenvalue weighted by molar-refractivity contribution is -0.137. The van der Waals surface area contributed by atoms with Crippen LogP contribution < -0.4 is 4.72 Å². The van der Waals surface area contributed by atoms with E-state index in [2.05, 4.69) is 0 Å². The van der Waals surface area contributed by atoms with E-state index in [0.29, 0.717) is 0 Å². The summed E-state index contributed by atoms with van der Waals surface area (Å²) < 4.78 is 62.6. The first-order valence-corrected chi connectivity index (χ1v) is 7.88. The van der Waals surface area contributed by atoms with Crippen LogP contribution in [0.1, 0.15) is 18.9 Å². The Morgan fingerprint density at radius 2 is 1.86 bits per heavy atom. The van der Waals surface area contributed by atoms with Gasteiger partial charge in [0.05, 0.1) is 18.1 Å². The van der Waals surface area contributed by atoms with Gasteiger partial charge in [0.1, 0.15) is 4.90 Å². The summed E-state index contributed by atoms with van der Waals surface area (Å²) in [6, 6.07) is 0.768. The van der Waals surface area contributed by atoms with E-state index in [1.54, 1.807) is 0 Å². The number of nitrogens with one attached hydrogen (secondary N) is 1. The summed E-state index contributed by atoms with van der Waals surface area (Å²) in [6.07, 6.45) is -5.81. The van der Waals surface area contributed by atoms with Crippen molar-refractivity contribution in [2.45, 2.75) is 37.1 Å². The molecular formula is C11H12Cl2F3NO3S. The van der Waals surface area contributed by atoms with Crippen LogP contribution in [0.2, 0.25) is 10.0 Å². The predicted octanol–water partition coefficient (Wildman–Crippen LogP) is 3.10. The molecule has 120 valence electrons. The normalized spacial score (nSPS) is 14.2. The first kappa shape index (κ1) is 18.5. The van der Waals surface area contributed by atoms with Crippen molar-refractivity contribution < 1.29 is 26.7 Å². The Hall–Kier alpha value is -0.540. The third-order valence-corrected chi connectivity index (χ3v) is 4.86. The number of hydrogen-bond acceptors (Lipinski definition) is 3. The van der Waals surface area contributed by atoms with E-state index in [-0.39, 0.29) is 15.6 Å². The lowest BCUT2D eigenvalue weighted by Gasteiger charge is -2.17. The Labute approximate surface area is 129 Å². The number of rotatable bonds is 5. The number of sulfonamides is 1. The maximum atomic E-state index is 12.2. The second-order valence-corrected chi connectivity index (χ2v) is 6.87. The van der Waals surface area contributed by atoms with Gasteiger partial charge in [0.2, 0.25) is 10.0 Å². The molecule has 0 heterocycles. The predicted molar refractivity (Wildman–Crippen MR) is 72.8 cm³/mol. The summed E-state index contributed by atoms with van der Waals surface area (Å²) in [7, 11) is -4.26. The van der Waals surface area contributed by atoms with Crippen LogP contribution >= 0.6 is 23.2 Å². The Kier molecular flexibility index (Phi) is 5.91. The van der Waals surface area contributed by atoms with Gasteiger partial charge in [0.25, 0.3) is 0 Å². The van der Waals surface area contributed by atoms with Gasteiger partial charge in [-0.15, -0.1) is 0 Å². The van der Waals surface area contributed by atoms with E-state index in [0.717, 1.165) is 19.1 Å². The highest BCUT2D eigenvalue weighted by Crippen LogP contribution is 2.29. The van der Waals surface area contributed by atoms with Crippen molar-refractivity contribution in [3.63, 3.8) is 0 Å². The highest BCUT2D eigenvalue weighted by atomic mass is 35.5. The molecule has 0 fully saturated rings. The SMILES string of the molecule is CC(CC(F)(F)F)NS(=O)(=O)c1cc(CO)c(Cl)cc1Cl. The minimum absolute atomic E-state index is 0.0600. The highest BCUT2D eigenvalue weighted by molar-refractivity contribution is 7.89. The molecule has 0 aliphatic rings. The number of hydrogen-bond donors (Lipinski definition) is 2. The number of benzene rings is 1. The molecule has 0 aliphatic heterocycles. The zero-order chi connectivity index (χ0) is 16.4. The molecule has 1 atom stereocenters. The molecule has 0 amide bonds. The summed E-state index contributed by atoms with van der Waals surface area (Å²) in [5, 5.41) is 8.86. The third-order valence-electron chi connectivity index (χ3n) is 2.45. The zero-order valence-corrected chi connectivity index (χ0v) is 13.0. The lowest BCUT2D eigenvalue weighted by atomic mass is 10.2. The number of aliphatic hydroxyl groups is 1. The minimum atomic E-state index is -4.50. The first-order chi connectivity index (χ1) is 9.46. The first-order valence-electron chi connectivity index (χ1n) is 5.64. The Morgan fingerprint density at radius 1 is 1.29 bits per heavy atom. The minimum Gasteiger partial charge on any atom is -0.392 e. The molecule has 0 bridgehead atoms. The van der Waals surface area contributed by atoms with E-state index in [1.165, 1.54) is 0 Å². The van der Waals surface area contributed by atoms with Crippen molar-refractivity contribution >= 4 is 33.2 Å². The fourth-order valence-electron chi connectivity index (χ4n) is 1.62. The van der Waals surface area contributed by atoms with Crippen molar-refractivity contribution in [3.05, 3.63) is 27.7 Å². The molecule has 1 aromatic rings. The summed E-state index contributed by atoms with van der Waals surface area (Å²) in [6.45, 7) is 0.554. The van der Waals surface area contributed by atoms with Crippen molar-refractivity contribution in [2.24, 2.45) is 0 Å². The third kappa shape index (κ3) is 5.30. The van der Waals surface area contributed by atoms with Gasteiger partial charge in [0.15, 0.2) is 0 Å². The van der Waals surface area contributed by atoms with Crippen molar-refractivity contribution in [1.29, 1.82) is 0 Å². The van der Waals surface area contributed by atoms with Crippen LogP contribution in [0, 0.1) is 0 Å². The second-order valence-electron chi connectivity index (χ2n) is 4.37. The second kappa shape index (κ2) is 6.70. The standard InChI is InChI=1S/C11H12Cl2F3NO3S/c1-6(4-11(14,15)16)17-21(19,20)10-2-7(5-18)8(12)3-9(10)13/h2-3,6,17-18H,4-5H2,1H3. The van der Waals surface area contributed by atoms with Crippen molar-refractivity contribution in [1.82, 2.24) is 4.72 Å². The number of halogens is 5. The molecule has 2 N–H and O–H groups in total. The van der Waals surface area contributed by atoms with Crippen LogP contribution in [0.5, 0.6) is 0 Å². The molecule has 21 heavy (non-hydrogen) atoms. The Bertz CT molecular complexity index is 620. The highest BCUT2D eigenvalue weighted by Gasteiger charge is 2.32. The maximum absolute atomic E-state index is 12.2. The molecule has 1 unspecified atom stereocenters. The van der Waals surface area contributed by atoms with Crippen LogP contribution in [-0.4, -0.2) is 25.7 Å². The molecule has 0 aliphatic carbocycles. The summed E-state index contributed by atoms with van der Waals surface area (Å²) in [5.41, 5.74) is 0.102. The van der Waals surface area contributed by atoms with Gasteiger partial charge in [-0.25, -0.2) is 13.1 Å². The van der Waals surface area contributed by atoms with Crippen LogP contribution in [0.3, 0.4) is 0 Å². The lowest BCUT2D eigenvalue weighted by Crippen LogP contribution is -2.36. The van der Waals surface area contributed by atoms with Gasteiger partial charge in [-0.2, -0.15) is 13.2 Å². The largest absolute Gasteiger partial charge is 0.392 e. The number of aliphatic hydroxyl groups excluding tert-OH is 1. The van der Waals surface area contributed by atoms with E-state index in [9.17, 15) is 21.6 Å². The van der Waals surface area contributed by atoms with Gasteiger partial charge >= 0.3 is 6.18 Å². The van der Waals surface area contributed by atoms with E-state index in [4.69, 9.17) is 28.3 Å².